The molecule has 0 unspecified atom stereocenters. The molecule has 0 aromatic heterocycles. The van der Waals surface area contributed by atoms with E-state index in [4.69, 9.17) is 0 Å². The molecule has 2 aromatic carbocycles. The molecule has 37 heavy (non-hydrogen) atoms. The number of halogens is 5. The van der Waals surface area contributed by atoms with Gasteiger partial charge in [0.25, 0.3) is 11.8 Å². The monoisotopic (exact) mass is 520 g/mol. The first-order valence-corrected chi connectivity index (χ1v) is 11.9. The van der Waals surface area contributed by atoms with Gasteiger partial charge in [-0.25, -0.2) is 8.78 Å². The standard InChI is InChI=1S/C26H25F5N4O2/c1-25(27,28)19-7-5-17(6-8-19)15-35-23(36)21-16-33(11-9-22(21)34-12-10-32-24(34)35)14-18-3-2-4-20(13-18)37-26(29,30)31/h2-8,13H,9-12,14-16H2,1H3. The van der Waals surface area contributed by atoms with Crippen molar-refractivity contribution in [2.75, 3.05) is 26.2 Å². The Bertz CT molecular complexity index is 1250. The van der Waals surface area contributed by atoms with Gasteiger partial charge in [-0.3, -0.25) is 19.6 Å². The van der Waals surface area contributed by atoms with E-state index in [1.807, 2.05) is 9.80 Å². The topological polar surface area (TPSA) is 48.4 Å². The highest BCUT2D eigenvalue weighted by atomic mass is 19.4. The zero-order chi connectivity index (χ0) is 26.4. The van der Waals surface area contributed by atoms with Crippen LogP contribution in [-0.4, -0.2) is 59.1 Å². The summed E-state index contributed by atoms with van der Waals surface area (Å²) < 4.78 is 69.0. The van der Waals surface area contributed by atoms with Gasteiger partial charge >= 0.3 is 6.36 Å². The molecule has 196 valence electrons. The summed E-state index contributed by atoms with van der Waals surface area (Å²) in [7, 11) is 0. The van der Waals surface area contributed by atoms with Gasteiger partial charge < -0.3 is 9.64 Å². The van der Waals surface area contributed by atoms with Crippen molar-refractivity contribution < 1.29 is 31.5 Å². The van der Waals surface area contributed by atoms with Gasteiger partial charge in [0.15, 0.2) is 0 Å². The molecule has 3 aliphatic heterocycles. The van der Waals surface area contributed by atoms with Crippen molar-refractivity contribution in [3.05, 3.63) is 76.5 Å². The van der Waals surface area contributed by atoms with Crippen LogP contribution in [-0.2, 0) is 23.8 Å². The Morgan fingerprint density at radius 1 is 0.973 bits per heavy atom. The lowest BCUT2D eigenvalue weighted by Gasteiger charge is -2.42. The van der Waals surface area contributed by atoms with Crippen molar-refractivity contribution in [2.45, 2.75) is 38.7 Å². The lowest BCUT2D eigenvalue weighted by Crippen LogP contribution is -2.53. The average Bonchev–Trinajstić information content (AvgIpc) is 3.31. The van der Waals surface area contributed by atoms with Crippen LogP contribution < -0.4 is 4.74 Å². The van der Waals surface area contributed by atoms with Gasteiger partial charge in [-0.1, -0.05) is 36.4 Å². The fourth-order valence-corrected chi connectivity index (χ4v) is 4.94. The number of rotatable bonds is 6. The van der Waals surface area contributed by atoms with Gasteiger partial charge in [-0.15, -0.1) is 13.2 Å². The third kappa shape index (κ3) is 5.46. The molecular formula is C26H25F5N4O2. The van der Waals surface area contributed by atoms with E-state index in [0.29, 0.717) is 61.8 Å². The highest BCUT2D eigenvalue weighted by molar-refractivity contribution is 6.09. The Morgan fingerprint density at radius 2 is 1.73 bits per heavy atom. The van der Waals surface area contributed by atoms with Crippen LogP contribution in [0.4, 0.5) is 22.0 Å². The number of benzene rings is 2. The second-order valence-corrected chi connectivity index (χ2v) is 9.39. The molecule has 1 amide bonds. The van der Waals surface area contributed by atoms with Crippen molar-refractivity contribution in [3.63, 3.8) is 0 Å². The minimum Gasteiger partial charge on any atom is -0.406 e. The lowest BCUT2D eigenvalue weighted by atomic mass is 9.99. The van der Waals surface area contributed by atoms with Crippen molar-refractivity contribution in [1.82, 2.24) is 14.7 Å². The van der Waals surface area contributed by atoms with E-state index in [0.717, 1.165) is 12.6 Å². The second kappa shape index (κ2) is 9.44. The van der Waals surface area contributed by atoms with Gasteiger partial charge in [0, 0.05) is 50.8 Å². The van der Waals surface area contributed by atoms with E-state index in [2.05, 4.69) is 9.73 Å². The van der Waals surface area contributed by atoms with Gasteiger partial charge in [0.2, 0.25) is 5.96 Å². The number of carbonyl (C=O) groups excluding carboxylic acids is 1. The molecule has 6 nitrogen and oxygen atoms in total. The van der Waals surface area contributed by atoms with E-state index in [1.165, 1.54) is 30.3 Å². The summed E-state index contributed by atoms with van der Waals surface area (Å²) >= 11 is 0. The molecule has 0 atom stereocenters. The maximum atomic E-state index is 13.6. The van der Waals surface area contributed by atoms with Crippen LogP contribution in [0.2, 0.25) is 0 Å². The van der Waals surface area contributed by atoms with Crippen LogP contribution >= 0.6 is 0 Å². The molecule has 3 aliphatic rings. The smallest absolute Gasteiger partial charge is 0.406 e. The Balaban J connectivity index is 1.33. The van der Waals surface area contributed by atoms with E-state index in [9.17, 15) is 26.7 Å². The van der Waals surface area contributed by atoms with Crippen molar-refractivity contribution >= 4 is 11.9 Å². The Labute approximate surface area is 210 Å². The first kappa shape index (κ1) is 25.2. The molecule has 2 aromatic rings. The number of amides is 1. The molecule has 0 radical (unpaired) electrons. The molecule has 0 fully saturated rings. The first-order valence-electron chi connectivity index (χ1n) is 11.9. The Hall–Kier alpha value is -3.47. The highest BCUT2D eigenvalue weighted by Gasteiger charge is 2.41. The van der Waals surface area contributed by atoms with Crippen LogP contribution in [0.5, 0.6) is 5.75 Å². The molecular weight excluding hydrogens is 495 g/mol. The largest absolute Gasteiger partial charge is 0.573 e. The van der Waals surface area contributed by atoms with Gasteiger partial charge in [-0.05, 0) is 23.3 Å². The number of nitrogens with zero attached hydrogens (tertiary/aromatic N) is 4. The van der Waals surface area contributed by atoms with Crippen LogP contribution in [0.25, 0.3) is 0 Å². The summed E-state index contributed by atoms with van der Waals surface area (Å²) in [5.41, 5.74) is 2.78. The molecule has 5 rings (SSSR count). The fraction of sp³-hybridized carbons (Fsp3) is 0.385. The number of fused-ring (bicyclic) bond motifs is 2. The summed E-state index contributed by atoms with van der Waals surface area (Å²) in [6.07, 6.45) is -4.17. The summed E-state index contributed by atoms with van der Waals surface area (Å²) in [6, 6.07) is 11.7. The maximum Gasteiger partial charge on any atom is 0.573 e. The summed E-state index contributed by atoms with van der Waals surface area (Å²) in [5, 5.41) is 0. The average molecular weight is 521 g/mol. The quantitative estimate of drug-likeness (QED) is 0.510. The third-order valence-corrected chi connectivity index (χ3v) is 6.62. The molecule has 0 saturated carbocycles. The van der Waals surface area contributed by atoms with Crippen LogP contribution in [0.1, 0.15) is 30.0 Å². The molecule has 0 bridgehead atoms. The third-order valence-electron chi connectivity index (χ3n) is 6.62. The summed E-state index contributed by atoms with van der Waals surface area (Å²) in [5.74, 6) is -2.86. The number of carbonyl (C=O) groups is 1. The molecule has 0 spiro atoms. The van der Waals surface area contributed by atoms with Crippen LogP contribution in [0, 0.1) is 0 Å². The lowest BCUT2D eigenvalue weighted by molar-refractivity contribution is -0.274. The number of hydrogen-bond donors (Lipinski definition) is 0. The van der Waals surface area contributed by atoms with E-state index in [1.54, 1.807) is 23.1 Å². The molecule has 11 heteroatoms. The number of hydrogen-bond acceptors (Lipinski definition) is 5. The fourth-order valence-electron chi connectivity index (χ4n) is 4.94. The van der Waals surface area contributed by atoms with Gasteiger partial charge in [-0.2, -0.15) is 0 Å². The zero-order valence-corrected chi connectivity index (χ0v) is 20.1. The Kier molecular flexibility index (Phi) is 6.43. The normalized spacial score (nSPS) is 18.6. The Morgan fingerprint density at radius 3 is 2.43 bits per heavy atom. The van der Waals surface area contributed by atoms with Crippen LogP contribution in [0.15, 0.2) is 64.8 Å². The number of guanidine groups is 1. The van der Waals surface area contributed by atoms with Crippen molar-refractivity contribution in [3.8, 4) is 5.75 Å². The van der Waals surface area contributed by atoms with Crippen LogP contribution in [0.3, 0.4) is 0 Å². The minimum atomic E-state index is -4.77. The second-order valence-electron chi connectivity index (χ2n) is 9.39. The molecule has 0 aliphatic carbocycles. The zero-order valence-electron chi connectivity index (χ0n) is 20.1. The van der Waals surface area contributed by atoms with E-state index < -0.39 is 12.3 Å². The molecule has 0 N–H and O–H groups in total. The van der Waals surface area contributed by atoms with Crippen molar-refractivity contribution in [2.24, 2.45) is 4.99 Å². The SMILES string of the molecule is CC(F)(F)c1ccc(CN2C(=O)C3=C(CCN(Cc4cccc(OC(F)(F)F)c4)C3)N3CCN=C23)cc1. The number of aliphatic imine (C=N–C) groups is 1. The summed E-state index contributed by atoms with van der Waals surface area (Å²) in [4.78, 5) is 23.8. The number of alkyl halides is 5. The number of ether oxygens (including phenoxy) is 1. The highest BCUT2D eigenvalue weighted by Crippen LogP contribution is 2.33. The predicted molar refractivity (Wildman–Crippen MR) is 126 cm³/mol. The first-order chi connectivity index (χ1) is 17.5. The van der Waals surface area contributed by atoms with Crippen molar-refractivity contribution in [1.29, 1.82) is 0 Å². The molecule has 3 heterocycles. The van der Waals surface area contributed by atoms with E-state index in [-0.39, 0.29) is 23.8 Å². The maximum absolute atomic E-state index is 13.6. The molecule has 0 saturated heterocycles. The van der Waals surface area contributed by atoms with E-state index >= 15 is 0 Å². The minimum absolute atomic E-state index is 0.0984. The predicted octanol–water partition coefficient (Wildman–Crippen LogP) is 4.87. The summed E-state index contributed by atoms with van der Waals surface area (Å²) in [6.45, 7) is 3.54. The van der Waals surface area contributed by atoms with Gasteiger partial charge in [0.1, 0.15) is 5.75 Å². The van der Waals surface area contributed by atoms with Gasteiger partial charge in [0.05, 0.1) is 18.7 Å².